The summed E-state index contributed by atoms with van der Waals surface area (Å²) in [4.78, 5) is 11.2. The first-order valence-electron chi connectivity index (χ1n) is 10.5. The standard InChI is InChI=1S/C21H37N5O2.HI/c1-5-13-28-20-7-6-18(15-23-20)16-24-21(22-4)25-19-8-10-26(11-9-19)12-14-27-17(2)3;/h6-7,15,17,19H,5,8-14,16H2,1-4H3,(H2,22,24,25);1H. The normalized spacial score (nSPS) is 15.8. The van der Waals surface area contributed by atoms with Crippen LogP contribution < -0.4 is 15.4 Å². The number of nitrogens with zero attached hydrogens (tertiary/aromatic N) is 3. The van der Waals surface area contributed by atoms with Crippen LogP contribution in [0.25, 0.3) is 0 Å². The lowest BCUT2D eigenvalue weighted by Gasteiger charge is -2.33. The van der Waals surface area contributed by atoms with E-state index in [1.807, 2.05) is 25.4 Å². The lowest BCUT2D eigenvalue weighted by atomic mass is 10.1. The van der Waals surface area contributed by atoms with Gasteiger partial charge in [0.25, 0.3) is 0 Å². The molecule has 2 heterocycles. The lowest BCUT2D eigenvalue weighted by molar-refractivity contribution is 0.0532. The highest BCUT2D eigenvalue weighted by molar-refractivity contribution is 14.0. The van der Waals surface area contributed by atoms with Crippen molar-refractivity contribution >= 4 is 29.9 Å². The predicted octanol–water partition coefficient (Wildman–Crippen LogP) is 3.04. The Bertz CT molecular complexity index is 575. The molecule has 7 nitrogen and oxygen atoms in total. The molecule has 1 fully saturated rings. The highest BCUT2D eigenvalue weighted by Gasteiger charge is 2.19. The number of halogens is 1. The van der Waals surface area contributed by atoms with Crippen LogP contribution in [-0.4, -0.2) is 67.9 Å². The zero-order chi connectivity index (χ0) is 20.2. The van der Waals surface area contributed by atoms with Crippen LogP contribution in [0.4, 0.5) is 0 Å². The van der Waals surface area contributed by atoms with E-state index in [-0.39, 0.29) is 24.0 Å². The molecule has 0 spiro atoms. The number of hydrogen-bond donors (Lipinski definition) is 2. The molecule has 1 aromatic heterocycles. The van der Waals surface area contributed by atoms with Crippen molar-refractivity contribution in [2.45, 2.75) is 58.7 Å². The maximum Gasteiger partial charge on any atom is 0.213 e. The van der Waals surface area contributed by atoms with Crippen LogP contribution >= 0.6 is 24.0 Å². The van der Waals surface area contributed by atoms with E-state index in [1.54, 1.807) is 0 Å². The Morgan fingerprint density at radius 3 is 2.62 bits per heavy atom. The van der Waals surface area contributed by atoms with Crippen LogP contribution in [-0.2, 0) is 11.3 Å². The number of nitrogens with one attached hydrogen (secondary N) is 2. The van der Waals surface area contributed by atoms with Crippen molar-refractivity contribution in [1.82, 2.24) is 20.5 Å². The van der Waals surface area contributed by atoms with Gasteiger partial charge in [0, 0.05) is 51.5 Å². The van der Waals surface area contributed by atoms with Crippen LogP contribution in [0.5, 0.6) is 5.88 Å². The Labute approximate surface area is 193 Å². The largest absolute Gasteiger partial charge is 0.478 e. The Morgan fingerprint density at radius 1 is 1.28 bits per heavy atom. The molecule has 0 unspecified atom stereocenters. The molecule has 0 bridgehead atoms. The number of aliphatic imine (C=N–C) groups is 1. The molecule has 2 rings (SSSR count). The molecule has 8 heteroatoms. The van der Waals surface area contributed by atoms with E-state index in [0.29, 0.717) is 31.2 Å². The summed E-state index contributed by atoms with van der Waals surface area (Å²) in [6, 6.07) is 4.41. The van der Waals surface area contributed by atoms with Gasteiger partial charge in [-0.2, -0.15) is 0 Å². The first-order chi connectivity index (χ1) is 13.6. The Hall–Kier alpha value is -1.13. The van der Waals surface area contributed by atoms with Crippen LogP contribution in [0.15, 0.2) is 23.3 Å². The van der Waals surface area contributed by atoms with Gasteiger partial charge in [-0.3, -0.25) is 4.99 Å². The molecule has 0 atom stereocenters. The van der Waals surface area contributed by atoms with E-state index in [2.05, 4.69) is 46.3 Å². The number of guanidine groups is 1. The fourth-order valence-corrected chi connectivity index (χ4v) is 3.10. The minimum absolute atomic E-state index is 0. The van der Waals surface area contributed by atoms with Crippen molar-refractivity contribution in [1.29, 1.82) is 0 Å². The Morgan fingerprint density at radius 2 is 2.03 bits per heavy atom. The van der Waals surface area contributed by atoms with Gasteiger partial charge in [0.2, 0.25) is 5.88 Å². The molecule has 1 aliphatic rings. The van der Waals surface area contributed by atoms with Gasteiger partial charge in [0.15, 0.2) is 5.96 Å². The molecule has 0 amide bonds. The first-order valence-corrected chi connectivity index (χ1v) is 10.5. The summed E-state index contributed by atoms with van der Waals surface area (Å²) in [6.07, 6.45) is 5.38. The zero-order valence-electron chi connectivity index (χ0n) is 18.3. The number of pyridine rings is 1. The van der Waals surface area contributed by atoms with Gasteiger partial charge in [-0.15, -0.1) is 24.0 Å². The maximum atomic E-state index is 5.65. The summed E-state index contributed by atoms with van der Waals surface area (Å²) < 4.78 is 11.2. The summed E-state index contributed by atoms with van der Waals surface area (Å²) in [5.41, 5.74) is 1.10. The molecular weight excluding hydrogens is 481 g/mol. The highest BCUT2D eigenvalue weighted by Crippen LogP contribution is 2.11. The van der Waals surface area contributed by atoms with Crippen LogP contribution in [0.3, 0.4) is 0 Å². The summed E-state index contributed by atoms with van der Waals surface area (Å²) in [5.74, 6) is 1.52. The number of rotatable bonds is 10. The van der Waals surface area contributed by atoms with E-state index in [4.69, 9.17) is 9.47 Å². The number of piperidine rings is 1. The topological polar surface area (TPSA) is 71.0 Å². The fourth-order valence-electron chi connectivity index (χ4n) is 3.10. The summed E-state index contributed by atoms with van der Waals surface area (Å²) in [5, 5.41) is 6.92. The summed E-state index contributed by atoms with van der Waals surface area (Å²) in [6.45, 7) is 11.7. The molecular formula is C21H38IN5O2. The number of hydrogen-bond acceptors (Lipinski definition) is 5. The van der Waals surface area contributed by atoms with Crippen LogP contribution in [0, 0.1) is 0 Å². The first kappa shape index (κ1) is 25.9. The Kier molecular flexibility index (Phi) is 13.2. The van der Waals surface area contributed by atoms with Crippen molar-refractivity contribution in [3.63, 3.8) is 0 Å². The molecule has 0 aliphatic carbocycles. The summed E-state index contributed by atoms with van der Waals surface area (Å²) >= 11 is 0. The smallest absolute Gasteiger partial charge is 0.213 e. The number of ether oxygens (including phenoxy) is 2. The van der Waals surface area contributed by atoms with E-state index in [9.17, 15) is 0 Å². The predicted molar refractivity (Wildman–Crippen MR) is 129 cm³/mol. The number of likely N-dealkylation sites (tertiary alicyclic amines) is 1. The average Bonchev–Trinajstić information content (AvgIpc) is 2.71. The van der Waals surface area contributed by atoms with Crippen molar-refractivity contribution in [2.75, 3.05) is 39.9 Å². The van der Waals surface area contributed by atoms with Gasteiger partial charge in [-0.25, -0.2) is 4.98 Å². The highest BCUT2D eigenvalue weighted by atomic mass is 127. The van der Waals surface area contributed by atoms with Gasteiger partial charge >= 0.3 is 0 Å². The average molecular weight is 519 g/mol. The minimum Gasteiger partial charge on any atom is -0.478 e. The third-order valence-corrected chi connectivity index (χ3v) is 4.72. The van der Waals surface area contributed by atoms with Gasteiger partial charge in [0.05, 0.1) is 19.3 Å². The third kappa shape index (κ3) is 10.5. The van der Waals surface area contributed by atoms with Crippen molar-refractivity contribution in [3.05, 3.63) is 23.9 Å². The second kappa shape index (κ2) is 14.8. The van der Waals surface area contributed by atoms with E-state index in [0.717, 1.165) is 57.0 Å². The van der Waals surface area contributed by atoms with E-state index in [1.165, 1.54) is 0 Å². The molecule has 2 N–H and O–H groups in total. The van der Waals surface area contributed by atoms with E-state index < -0.39 is 0 Å². The SMILES string of the molecule is CCCOc1ccc(CNC(=NC)NC2CCN(CCOC(C)C)CC2)cn1.I. The maximum absolute atomic E-state index is 5.65. The van der Waals surface area contributed by atoms with Gasteiger partial charge in [0.1, 0.15) is 0 Å². The third-order valence-electron chi connectivity index (χ3n) is 4.72. The van der Waals surface area contributed by atoms with Crippen molar-refractivity contribution < 1.29 is 9.47 Å². The molecule has 0 saturated carbocycles. The molecule has 0 radical (unpaired) electrons. The lowest BCUT2D eigenvalue weighted by Crippen LogP contribution is -2.49. The van der Waals surface area contributed by atoms with Gasteiger partial charge in [-0.05, 0) is 38.7 Å². The zero-order valence-corrected chi connectivity index (χ0v) is 20.6. The molecule has 166 valence electrons. The Balaban J connectivity index is 0.00000420. The van der Waals surface area contributed by atoms with Gasteiger partial charge in [-0.1, -0.05) is 13.0 Å². The van der Waals surface area contributed by atoms with Crippen LogP contribution in [0.1, 0.15) is 45.6 Å². The molecule has 0 aromatic carbocycles. The van der Waals surface area contributed by atoms with E-state index >= 15 is 0 Å². The second-order valence-electron chi connectivity index (χ2n) is 7.46. The fraction of sp³-hybridized carbons (Fsp3) is 0.714. The summed E-state index contributed by atoms with van der Waals surface area (Å²) in [7, 11) is 1.81. The molecule has 1 saturated heterocycles. The quantitative estimate of drug-likeness (QED) is 0.282. The van der Waals surface area contributed by atoms with Gasteiger partial charge < -0.3 is 25.0 Å². The van der Waals surface area contributed by atoms with Crippen molar-refractivity contribution in [2.24, 2.45) is 4.99 Å². The second-order valence-corrected chi connectivity index (χ2v) is 7.46. The molecule has 1 aromatic rings. The number of aromatic nitrogens is 1. The van der Waals surface area contributed by atoms with Crippen LogP contribution in [0.2, 0.25) is 0 Å². The minimum atomic E-state index is 0. The molecule has 29 heavy (non-hydrogen) atoms. The molecule has 1 aliphatic heterocycles. The van der Waals surface area contributed by atoms with Crippen molar-refractivity contribution in [3.8, 4) is 5.88 Å². The monoisotopic (exact) mass is 519 g/mol.